The predicted octanol–water partition coefficient (Wildman–Crippen LogP) is 3.03. The van der Waals surface area contributed by atoms with E-state index in [2.05, 4.69) is 22.9 Å². The molecular weight excluding hydrogens is 471 g/mol. The maximum Gasteiger partial charge on any atom is 0.407 e. The van der Waals surface area contributed by atoms with Gasteiger partial charge in [0.15, 0.2) is 5.96 Å². The molecule has 0 aromatic heterocycles. The number of carbonyl (C=O) groups excluding carboxylic acids is 1. The number of fused-ring (bicyclic) bond motifs is 2. The van der Waals surface area contributed by atoms with Gasteiger partial charge in [-0.1, -0.05) is 6.42 Å². The number of rotatable bonds is 6. The molecular formula is C20H37IN4O3. The van der Waals surface area contributed by atoms with E-state index >= 15 is 0 Å². The van der Waals surface area contributed by atoms with Gasteiger partial charge in [-0.25, -0.2) is 4.79 Å². The minimum Gasteiger partial charge on any atom is -0.444 e. The summed E-state index contributed by atoms with van der Waals surface area (Å²) in [4.78, 5) is 16.4. The number of carbonyl (C=O) groups is 1. The third kappa shape index (κ3) is 5.23. The highest BCUT2D eigenvalue weighted by Gasteiger charge is 2.66. The summed E-state index contributed by atoms with van der Waals surface area (Å²) in [6, 6.07) is 0.483. The number of alkyl carbamates (subject to hydrolysis) is 1. The van der Waals surface area contributed by atoms with E-state index < -0.39 is 5.60 Å². The monoisotopic (exact) mass is 508 g/mol. The average molecular weight is 508 g/mol. The molecule has 3 N–H and O–H groups in total. The van der Waals surface area contributed by atoms with Crippen molar-refractivity contribution in [2.75, 3.05) is 26.2 Å². The van der Waals surface area contributed by atoms with E-state index in [0.29, 0.717) is 36.6 Å². The maximum atomic E-state index is 11.7. The molecule has 2 saturated carbocycles. The molecule has 7 nitrogen and oxygen atoms in total. The normalized spacial score (nSPS) is 27.7. The van der Waals surface area contributed by atoms with Crippen LogP contribution in [0.2, 0.25) is 0 Å². The summed E-state index contributed by atoms with van der Waals surface area (Å²) in [5.41, 5.74) is -0.123. The van der Waals surface area contributed by atoms with Crippen molar-refractivity contribution in [3.63, 3.8) is 0 Å². The number of ether oxygens (including phenoxy) is 2. The molecule has 162 valence electrons. The molecule has 3 atom stereocenters. The minimum absolute atomic E-state index is 0. The Hall–Kier alpha value is -0.770. The molecule has 28 heavy (non-hydrogen) atoms. The molecule has 8 heteroatoms. The van der Waals surface area contributed by atoms with E-state index in [1.54, 1.807) is 0 Å². The molecule has 0 aromatic carbocycles. The number of hydrogen-bond acceptors (Lipinski definition) is 4. The van der Waals surface area contributed by atoms with Gasteiger partial charge in [-0.2, -0.15) is 0 Å². The van der Waals surface area contributed by atoms with Crippen molar-refractivity contribution < 1.29 is 14.3 Å². The van der Waals surface area contributed by atoms with Crippen molar-refractivity contribution in [2.45, 2.75) is 77.5 Å². The largest absolute Gasteiger partial charge is 0.444 e. The summed E-state index contributed by atoms with van der Waals surface area (Å²) in [5, 5.41) is 9.84. The topological polar surface area (TPSA) is 84.0 Å². The van der Waals surface area contributed by atoms with Gasteiger partial charge >= 0.3 is 6.09 Å². The minimum atomic E-state index is -0.466. The molecule has 3 rings (SSSR count). The van der Waals surface area contributed by atoms with Gasteiger partial charge in [0.1, 0.15) is 5.60 Å². The Balaban J connectivity index is 0.00000280. The summed E-state index contributed by atoms with van der Waals surface area (Å²) in [6.45, 7) is 10.6. The highest BCUT2D eigenvalue weighted by molar-refractivity contribution is 14.0. The van der Waals surface area contributed by atoms with Crippen LogP contribution in [0.3, 0.4) is 0 Å². The van der Waals surface area contributed by atoms with Crippen molar-refractivity contribution >= 4 is 36.0 Å². The van der Waals surface area contributed by atoms with Gasteiger partial charge in [0.05, 0.1) is 6.10 Å². The lowest BCUT2D eigenvalue weighted by atomic mass is 9.46. The van der Waals surface area contributed by atoms with Crippen LogP contribution in [0.5, 0.6) is 0 Å². The molecule has 0 bridgehead atoms. The fraction of sp³-hybridized carbons (Fsp3) is 0.900. The van der Waals surface area contributed by atoms with Gasteiger partial charge in [0, 0.05) is 43.6 Å². The fourth-order valence-electron chi connectivity index (χ4n) is 4.70. The first-order valence-electron chi connectivity index (χ1n) is 10.5. The molecule has 3 aliphatic rings. The first kappa shape index (κ1) is 23.5. The van der Waals surface area contributed by atoms with Gasteiger partial charge in [-0.15, -0.1) is 24.0 Å². The van der Waals surface area contributed by atoms with Crippen molar-refractivity contribution in [1.82, 2.24) is 16.0 Å². The van der Waals surface area contributed by atoms with Gasteiger partial charge in [0.25, 0.3) is 0 Å². The first-order chi connectivity index (χ1) is 12.9. The van der Waals surface area contributed by atoms with Crippen molar-refractivity contribution in [1.29, 1.82) is 0 Å². The number of nitrogens with one attached hydrogen (secondary N) is 3. The summed E-state index contributed by atoms with van der Waals surface area (Å²) in [6.07, 6.45) is 5.88. The van der Waals surface area contributed by atoms with E-state index in [0.717, 1.165) is 32.0 Å². The lowest BCUT2D eigenvalue weighted by Gasteiger charge is -2.63. The molecule has 1 aliphatic heterocycles. The first-order valence-corrected chi connectivity index (χ1v) is 10.5. The maximum absolute atomic E-state index is 11.7. The van der Waals surface area contributed by atoms with E-state index in [-0.39, 0.29) is 30.1 Å². The quantitative estimate of drug-likeness (QED) is 0.222. The van der Waals surface area contributed by atoms with Crippen LogP contribution >= 0.6 is 24.0 Å². The van der Waals surface area contributed by atoms with Crippen molar-refractivity contribution in [2.24, 2.45) is 16.3 Å². The van der Waals surface area contributed by atoms with Crippen LogP contribution in [0.15, 0.2) is 4.99 Å². The Bertz CT molecular complexity index is 560. The van der Waals surface area contributed by atoms with Gasteiger partial charge < -0.3 is 25.4 Å². The van der Waals surface area contributed by atoms with Crippen LogP contribution in [-0.4, -0.2) is 56.0 Å². The Kier molecular flexibility index (Phi) is 8.25. The third-order valence-electron chi connectivity index (χ3n) is 5.95. The zero-order chi connectivity index (χ0) is 19.5. The highest BCUT2D eigenvalue weighted by atomic mass is 127. The zero-order valence-electron chi connectivity index (χ0n) is 17.7. The summed E-state index contributed by atoms with van der Waals surface area (Å²) in [7, 11) is 0. The Labute approximate surface area is 186 Å². The molecule has 1 heterocycles. The zero-order valence-corrected chi connectivity index (χ0v) is 20.0. The fourth-order valence-corrected chi connectivity index (χ4v) is 4.70. The second-order valence-corrected chi connectivity index (χ2v) is 9.00. The van der Waals surface area contributed by atoms with E-state index in [9.17, 15) is 4.79 Å². The van der Waals surface area contributed by atoms with Crippen LogP contribution in [0.4, 0.5) is 4.79 Å². The number of amides is 1. The second-order valence-electron chi connectivity index (χ2n) is 9.00. The molecule has 2 aliphatic carbocycles. The highest BCUT2D eigenvalue weighted by Crippen LogP contribution is 2.62. The SMILES string of the molecule is CCNC(=NCCCNC(=O)OC(C)(C)C)NC1C2CCOC2C12CCC2.I. The molecule has 1 saturated heterocycles. The summed E-state index contributed by atoms with van der Waals surface area (Å²) in [5.74, 6) is 1.51. The molecule has 0 radical (unpaired) electrons. The van der Waals surface area contributed by atoms with Gasteiger partial charge in [-0.3, -0.25) is 4.99 Å². The van der Waals surface area contributed by atoms with Gasteiger partial charge in [0.2, 0.25) is 0 Å². The van der Waals surface area contributed by atoms with E-state index in [4.69, 9.17) is 14.5 Å². The number of nitrogens with zero attached hydrogens (tertiary/aromatic N) is 1. The van der Waals surface area contributed by atoms with Crippen molar-refractivity contribution in [3.05, 3.63) is 0 Å². The number of halogens is 1. The predicted molar refractivity (Wildman–Crippen MR) is 121 cm³/mol. The number of guanidine groups is 1. The van der Waals surface area contributed by atoms with Crippen LogP contribution < -0.4 is 16.0 Å². The van der Waals surface area contributed by atoms with E-state index in [1.807, 2.05) is 20.8 Å². The van der Waals surface area contributed by atoms with Gasteiger partial charge in [-0.05, 0) is 53.4 Å². The standard InChI is InChI=1S/C20H36N4O3.HI/c1-5-21-17(22-11-7-12-23-18(25)27-19(2,3)4)24-15-14-8-13-26-16(14)20(15)9-6-10-20;/h14-16H,5-13H2,1-4H3,(H,23,25)(H2,21,22,24);1H. The molecule has 3 unspecified atom stereocenters. The Morgan fingerprint density at radius 1 is 1.29 bits per heavy atom. The van der Waals surface area contributed by atoms with Crippen LogP contribution in [0, 0.1) is 11.3 Å². The molecule has 1 amide bonds. The lowest BCUT2D eigenvalue weighted by molar-refractivity contribution is -0.171. The smallest absolute Gasteiger partial charge is 0.407 e. The molecule has 0 aromatic rings. The Morgan fingerprint density at radius 3 is 2.64 bits per heavy atom. The number of aliphatic imine (C=N–C) groups is 1. The molecule has 1 spiro atoms. The van der Waals surface area contributed by atoms with Crippen molar-refractivity contribution in [3.8, 4) is 0 Å². The van der Waals surface area contributed by atoms with Crippen LogP contribution in [-0.2, 0) is 9.47 Å². The second kappa shape index (κ2) is 9.82. The Morgan fingerprint density at radius 2 is 2.04 bits per heavy atom. The van der Waals surface area contributed by atoms with Crippen LogP contribution in [0.1, 0.15) is 59.8 Å². The lowest BCUT2D eigenvalue weighted by Crippen LogP contribution is -2.72. The third-order valence-corrected chi connectivity index (χ3v) is 5.95. The average Bonchev–Trinajstić information content (AvgIpc) is 2.94. The number of hydrogen-bond donors (Lipinski definition) is 3. The molecule has 3 fully saturated rings. The van der Waals surface area contributed by atoms with E-state index in [1.165, 1.54) is 19.3 Å². The van der Waals surface area contributed by atoms with Crippen LogP contribution in [0.25, 0.3) is 0 Å². The summed E-state index contributed by atoms with van der Waals surface area (Å²) < 4.78 is 11.2. The summed E-state index contributed by atoms with van der Waals surface area (Å²) >= 11 is 0.